The molecule has 0 aliphatic carbocycles. The predicted molar refractivity (Wildman–Crippen MR) is 91.8 cm³/mol. The van der Waals surface area contributed by atoms with Crippen LogP contribution >= 0.6 is 0 Å². The highest BCUT2D eigenvalue weighted by molar-refractivity contribution is 5.70. The van der Waals surface area contributed by atoms with Crippen molar-refractivity contribution in [2.45, 2.75) is 32.4 Å². The van der Waals surface area contributed by atoms with Gasteiger partial charge in [0.25, 0.3) is 0 Å². The molecule has 0 fully saturated rings. The highest BCUT2D eigenvalue weighted by Gasteiger charge is 2.27. The summed E-state index contributed by atoms with van der Waals surface area (Å²) in [5.74, 6) is 0.269. The Morgan fingerprint density at radius 2 is 1.92 bits per heavy atom. The minimum Gasteiger partial charge on any atom is -0.507 e. The molecule has 2 N–H and O–H groups in total. The molecule has 3 rings (SSSR count). The van der Waals surface area contributed by atoms with Crippen LogP contribution in [0.1, 0.15) is 37.9 Å². The maximum atomic E-state index is 13.7. The van der Waals surface area contributed by atoms with Crippen LogP contribution in [-0.2, 0) is 4.74 Å². The first-order chi connectivity index (χ1) is 12.2. The maximum Gasteiger partial charge on any atom is 0.408 e. The Kier molecular flexibility index (Phi) is 4.63. The zero-order chi connectivity index (χ0) is 18.9. The standard InChI is InChI=1S/C19H20FNO5/c1-19(2,3)26-18(23)21-17(11-5-4-6-12(20)7-11)13-8-15-16(9-14(13)22)25-10-24-15/h4-9,17,22H,10H2,1-3H3,(H,21,23)/t17-/m1/s1. The van der Waals surface area contributed by atoms with Crippen molar-refractivity contribution in [2.75, 3.05) is 6.79 Å². The summed E-state index contributed by atoms with van der Waals surface area (Å²) < 4.78 is 29.6. The average molecular weight is 361 g/mol. The number of hydrogen-bond donors (Lipinski definition) is 2. The number of aromatic hydroxyl groups is 1. The first-order valence-electron chi connectivity index (χ1n) is 8.10. The fraction of sp³-hybridized carbons (Fsp3) is 0.316. The Hall–Kier alpha value is -2.96. The van der Waals surface area contributed by atoms with E-state index in [4.69, 9.17) is 14.2 Å². The monoisotopic (exact) mass is 361 g/mol. The van der Waals surface area contributed by atoms with Gasteiger partial charge in [-0.25, -0.2) is 9.18 Å². The molecule has 0 spiro atoms. The number of carbonyl (C=O) groups excluding carboxylic acids is 1. The van der Waals surface area contributed by atoms with Gasteiger partial charge < -0.3 is 24.6 Å². The molecule has 0 bridgehead atoms. The first-order valence-corrected chi connectivity index (χ1v) is 8.10. The fourth-order valence-corrected chi connectivity index (χ4v) is 2.63. The molecule has 0 aromatic heterocycles. The Bertz CT molecular complexity index is 831. The zero-order valence-corrected chi connectivity index (χ0v) is 14.7. The van der Waals surface area contributed by atoms with E-state index in [0.717, 1.165) is 0 Å². The predicted octanol–water partition coefficient (Wildman–Crippen LogP) is 3.87. The van der Waals surface area contributed by atoms with Crippen LogP contribution in [0.25, 0.3) is 0 Å². The minimum absolute atomic E-state index is 0.0440. The van der Waals surface area contributed by atoms with E-state index in [-0.39, 0.29) is 12.5 Å². The van der Waals surface area contributed by atoms with E-state index < -0.39 is 23.6 Å². The SMILES string of the molecule is CC(C)(C)OC(=O)N[C@H](c1cccc(F)c1)c1cc2c(cc1O)OCO2. The number of ether oxygens (including phenoxy) is 3. The van der Waals surface area contributed by atoms with E-state index >= 15 is 0 Å². The average Bonchev–Trinajstić information content (AvgIpc) is 2.97. The summed E-state index contributed by atoms with van der Waals surface area (Å²) >= 11 is 0. The number of hydrogen-bond acceptors (Lipinski definition) is 5. The van der Waals surface area contributed by atoms with Gasteiger partial charge in [0, 0.05) is 11.6 Å². The van der Waals surface area contributed by atoms with Gasteiger partial charge in [0.15, 0.2) is 11.5 Å². The van der Waals surface area contributed by atoms with E-state index in [1.807, 2.05) is 0 Å². The van der Waals surface area contributed by atoms with Gasteiger partial charge in [-0.3, -0.25) is 0 Å². The summed E-state index contributed by atoms with van der Waals surface area (Å²) in [7, 11) is 0. The molecule has 138 valence electrons. The van der Waals surface area contributed by atoms with Crippen molar-refractivity contribution in [2.24, 2.45) is 0 Å². The fourth-order valence-electron chi connectivity index (χ4n) is 2.63. The molecule has 6 nitrogen and oxygen atoms in total. The number of carbonyl (C=O) groups is 1. The van der Waals surface area contributed by atoms with Crippen LogP contribution in [0.5, 0.6) is 17.2 Å². The van der Waals surface area contributed by atoms with Crippen molar-refractivity contribution in [3.63, 3.8) is 0 Å². The summed E-state index contributed by atoms with van der Waals surface area (Å²) in [4.78, 5) is 12.3. The number of phenols is 1. The lowest BCUT2D eigenvalue weighted by molar-refractivity contribution is 0.0512. The van der Waals surface area contributed by atoms with Crippen molar-refractivity contribution in [1.29, 1.82) is 0 Å². The Morgan fingerprint density at radius 1 is 1.23 bits per heavy atom. The van der Waals surface area contributed by atoms with Gasteiger partial charge in [-0.15, -0.1) is 0 Å². The van der Waals surface area contributed by atoms with Crippen LogP contribution in [0, 0.1) is 5.82 Å². The number of rotatable bonds is 3. The third-order valence-electron chi connectivity index (χ3n) is 3.68. The topological polar surface area (TPSA) is 77.0 Å². The highest BCUT2D eigenvalue weighted by atomic mass is 19.1. The number of nitrogens with one attached hydrogen (secondary N) is 1. The van der Waals surface area contributed by atoms with Crippen molar-refractivity contribution < 1.29 is 28.5 Å². The van der Waals surface area contributed by atoms with E-state index in [1.165, 1.54) is 24.3 Å². The molecule has 1 amide bonds. The number of amides is 1. The number of alkyl carbamates (subject to hydrolysis) is 1. The molecule has 1 aliphatic heterocycles. The summed E-state index contributed by atoms with van der Waals surface area (Å²) in [6.45, 7) is 5.26. The van der Waals surface area contributed by atoms with Crippen molar-refractivity contribution in [3.05, 3.63) is 53.3 Å². The van der Waals surface area contributed by atoms with Gasteiger partial charge in [-0.2, -0.15) is 0 Å². The molecule has 1 atom stereocenters. The maximum absolute atomic E-state index is 13.7. The summed E-state index contributed by atoms with van der Waals surface area (Å²) in [6, 6.07) is 7.88. The molecular weight excluding hydrogens is 341 g/mol. The van der Waals surface area contributed by atoms with Crippen LogP contribution in [0.2, 0.25) is 0 Å². The third-order valence-corrected chi connectivity index (χ3v) is 3.68. The molecule has 1 aliphatic rings. The lowest BCUT2D eigenvalue weighted by Crippen LogP contribution is -2.35. The minimum atomic E-state index is -0.838. The van der Waals surface area contributed by atoms with Crippen molar-refractivity contribution in [3.8, 4) is 17.2 Å². The Morgan fingerprint density at radius 3 is 2.58 bits per heavy atom. The lowest BCUT2D eigenvalue weighted by atomic mass is 9.97. The van der Waals surface area contributed by atoms with Crippen molar-refractivity contribution >= 4 is 6.09 Å². The zero-order valence-electron chi connectivity index (χ0n) is 14.7. The smallest absolute Gasteiger partial charge is 0.408 e. The largest absolute Gasteiger partial charge is 0.507 e. The highest BCUT2D eigenvalue weighted by Crippen LogP contribution is 2.41. The molecule has 0 radical (unpaired) electrons. The molecule has 1 heterocycles. The molecule has 2 aromatic carbocycles. The second kappa shape index (κ2) is 6.74. The quantitative estimate of drug-likeness (QED) is 0.868. The van der Waals surface area contributed by atoms with Crippen molar-refractivity contribution in [1.82, 2.24) is 5.32 Å². The normalized spacial score (nSPS) is 14.0. The van der Waals surface area contributed by atoms with E-state index in [2.05, 4.69) is 5.32 Å². The van der Waals surface area contributed by atoms with Crippen LogP contribution in [0.4, 0.5) is 9.18 Å². The number of halogens is 1. The molecular formula is C19H20FNO5. The van der Waals surface area contributed by atoms with Crippen LogP contribution in [-0.4, -0.2) is 23.6 Å². The van der Waals surface area contributed by atoms with Crippen LogP contribution in [0.15, 0.2) is 36.4 Å². The number of fused-ring (bicyclic) bond motifs is 1. The summed E-state index contributed by atoms with van der Waals surface area (Å²) in [5.41, 5.74) is 0.0868. The summed E-state index contributed by atoms with van der Waals surface area (Å²) in [5, 5.41) is 13.1. The van der Waals surface area contributed by atoms with Gasteiger partial charge in [0.05, 0.1) is 6.04 Å². The number of benzene rings is 2. The lowest BCUT2D eigenvalue weighted by Gasteiger charge is -2.25. The molecule has 2 aromatic rings. The molecule has 0 saturated carbocycles. The first kappa shape index (κ1) is 17.8. The molecule has 0 saturated heterocycles. The van der Waals surface area contributed by atoms with E-state index in [1.54, 1.807) is 32.9 Å². The second-order valence-corrected chi connectivity index (χ2v) is 6.90. The van der Waals surface area contributed by atoms with Gasteiger partial charge >= 0.3 is 6.09 Å². The van der Waals surface area contributed by atoms with Gasteiger partial charge in [-0.1, -0.05) is 12.1 Å². The van der Waals surface area contributed by atoms with Crippen LogP contribution in [0.3, 0.4) is 0 Å². The van der Waals surface area contributed by atoms with E-state index in [0.29, 0.717) is 22.6 Å². The van der Waals surface area contributed by atoms with Gasteiger partial charge in [0.1, 0.15) is 17.2 Å². The van der Waals surface area contributed by atoms with Gasteiger partial charge in [0.2, 0.25) is 6.79 Å². The number of phenolic OH excluding ortho intramolecular Hbond substituents is 1. The van der Waals surface area contributed by atoms with Crippen LogP contribution < -0.4 is 14.8 Å². The Labute approximate surface area is 150 Å². The van der Waals surface area contributed by atoms with E-state index in [9.17, 15) is 14.3 Å². The second-order valence-electron chi connectivity index (χ2n) is 6.90. The van der Waals surface area contributed by atoms with Gasteiger partial charge in [-0.05, 0) is 44.5 Å². The molecule has 26 heavy (non-hydrogen) atoms. The summed E-state index contributed by atoms with van der Waals surface area (Å²) in [6.07, 6.45) is -0.691. The third kappa shape index (κ3) is 3.99. The Balaban J connectivity index is 2.00. The molecule has 0 unspecified atom stereocenters. The molecule has 7 heteroatoms.